The third kappa shape index (κ3) is 3.52. The van der Waals surface area contributed by atoms with E-state index in [1.165, 1.54) is 0 Å². The van der Waals surface area contributed by atoms with Crippen molar-refractivity contribution in [2.24, 2.45) is 0 Å². The predicted octanol–water partition coefficient (Wildman–Crippen LogP) is 4.43. The Morgan fingerprint density at radius 2 is 2.05 bits per heavy atom. The third-order valence-corrected chi connectivity index (χ3v) is 3.88. The highest BCUT2D eigenvalue weighted by Gasteiger charge is 2.16. The molecule has 0 radical (unpaired) electrons. The summed E-state index contributed by atoms with van der Waals surface area (Å²) >= 11 is 9.25. The molecule has 0 aliphatic rings. The Hall–Kier alpha value is -1.52. The molecule has 1 atom stereocenters. The molecule has 0 bridgehead atoms. The van der Waals surface area contributed by atoms with E-state index in [0.29, 0.717) is 16.4 Å². The Bertz CT molecular complexity index is 646. The molecule has 1 amide bonds. The number of nitrogen functional groups attached to an aromatic ring is 1. The molecule has 0 aromatic heterocycles. The minimum absolute atomic E-state index is 0.0985. The summed E-state index contributed by atoms with van der Waals surface area (Å²) in [6.07, 6.45) is 0. The number of amides is 1. The lowest BCUT2D eigenvalue weighted by molar-refractivity contribution is -0.117. The fraction of sp³-hybridized carbons (Fsp3) is 0.133. The van der Waals surface area contributed by atoms with Crippen LogP contribution in [0.1, 0.15) is 18.4 Å². The summed E-state index contributed by atoms with van der Waals surface area (Å²) < 4.78 is 0.748. The van der Waals surface area contributed by atoms with Crippen molar-refractivity contribution in [3.63, 3.8) is 0 Å². The monoisotopic (exact) mass is 352 g/mol. The second-order valence-corrected chi connectivity index (χ2v) is 5.80. The van der Waals surface area contributed by atoms with Crippen LogP contribution in [0.15, 0.2) is 46.9 Å². The molecule has 0 fully saturated rings. The normalized spacial score (nSPS) is 11.9. The first kappa shape index (κ1) is 14.9. The standard InChI is InChI=1S/C15H14BrClN2O/c1-9(10-3-2-4-12(18)7-10)15(20)19-14-6-5-11(17)8-13(14)16/h2-9H,18H2,1H3,(H,19,20). The second-order valence-electron chi connectivity index (χ2n) is 4.51. The number of carbonyl (C=O) groups excluding carboxylic acids is 1. The number of carbonyl (C=O) groups is 1. The van der Waals surface area contributed by atoms with E-state index < -0.39 is 0 Å². The van der Waals surface area contributed by atoms with Gasteiger partial charge in [0, 0.05) is 15.2 Å². The van der Waals surface area contributed by atoms with Gasteiger partial charge in [-0.2, -0.15) is 0 Å². The summed E-state index contributed by atoms with van der Waals surface area (Å²) in [6, 6.07) is 12.6. The van der Waals surface area contributed by atoms with Crippen LogP contribution >= 0.6 is 27.5 Å². The van der Waals surface area contributed by atoms with Gasteiger partial charge in [0.05, 0.1) is 11.6 Å². The van der Waals surface area contributed by atoms with Gasteiger partial charge >= 0.3 is 0 Å². The van der Waals surface area contributed by atoms with E-state index in [1.54, 1.807) is 30.3 Å². The van der Waals surface area contributed by atoms with Crippen LogP contribution in [0, 0.1) is 0 Å². The van der Waals surface area contributed by atoms with Gasteiger partial charge in [0.2, 0.25) is 5.91 Å². The van der Waals surface area contributed by atoms with Gasteiger partial charge in [0.25, 0.3) is 0 Å². The molecule has 0 saturated carbocycles. The van der Waals surface area contributed by atoms with Gasteiger partial charge < -0.3 is 11.1 Å². The molecule has 3 nitrogen and oxygen atoms in total. The molecule has 104 valence electrons. The SMILES string of the molecule is CC(C(=O)Nc1ccc(Cl)cc1Br)c1cccc(N)c1. The van der Waals surface area contributed by atoms with Crippen molar-refractivity contribution in [3.8, 4) is 0 Å². The molecule has 0 spiro atoms. The zero-order valence-electron chi connectivity index (χ0n) is 10.9. The van der Waals surface area contributed by atoms with Crippen LogP contribution in [0.3, 0.4) is 0 Å². The molecule has 2 rings (SSSR count). The Balaban J connectivity index is 2.15. The second kappa shape index (κ2) is 6.29. The Kier molecular flexibility index (Phi) is 4.68. The maximum atomic E-state index is 12.3. The number of nitrogens with one attached hydrogen (secondary N) is 1. The average molecular weight is 354 g/mol. The Labute approximate surface area is 131 Å². The predicted molar refractivity (Wildman–Crippen MR) is 87.1 cm³/mol. The highest BCUT2D eigenvalue weighted by Crippen LogP contribution is 2.27. The summed E-state index contributed by atoms with van der Waals surface area (Å²) in [5.74, 6) is -0.389. The Morgan fingerprint density at radius 3 is 2.70 bits per heavy atom. The van der Waals surface area contributed by atoms with Crippen LogP contribution in [0.2, 0.25) is 5.02 Å². The molecule has 0 aliphatic heterocycles. The summed E-state index contributed by atoms with van der Waals surface area (Å²) in [5, 5.41) is 3.48. The van der Waals surface area contributed by atoms with E-state index in [0.717, 1.165) is 10.0 Å². The van der Waals surface area contributed by atoms with Gasteiger partial charge in [0.1, 0.15) is 0 Å². The van der Waals surface area contributed by atoms with Crippen molar-refractivity contribution >= 4 is 44.8 Å². The molecule has 5 heteroatoms. The first-order valence-corrected chi connectivity index (χ1v) is 7.26. The van der Waals surface area contributed by atoms with Crippen molar-refractivity contribution in [2.75, 3.05) is 11.1 Å². The van der Waals surface area contributed by atoms with Gasteiger partial charge in [-0.3, -0.25) is 4.79 Å². The van der Waals surface area contributed by atoms with Gasteiger partial charge in [-0.1, -0.05) is 23.7 Å². The van der Waals surface area contributed by atoms with Gasteiger partial charge in [-0.15, -0.1) is 0 Å². The summed E-state index contributed by atoms with van der Waals surface area (Å²) in [5.41, 5.74) is 7.96. The van der Waals surface area contributed by atoms with Crippen LogP contribution in [-0.2, 0) is 4.79 Å². The largest absolute Gasteiger partial charge is 0.399 e. The lowest BCUT2D eigenvalue weighted by atomic mass is 10.00. The summed E-state index contributed by atoms with van der Waals surface area (Å²) in [6.45, 7) is 1.84. The minimum atomic E-state index is -0.291. The topological polar surface area (TPSA) is 55.1 Å². The maximum absolute atomic E-state index is 12.3. The van der Waals surface area contributed by atoms with Crippen LogP contribution in [-0.4, -0.2) is 5.91 Å². The van der Waals surface area contributed by atoms with Crippen molar-refractivity contribution in [1.29, 1.82) is 0 Å². The quantitative estimate of drug-likeness (QED) is 0.802. The molecule has 20 heavy (non-hydrogen) atoms. The smallest absolute Gasteiger partial charge is 0.231 e. The average Bonchev–Trinajstić information content (AvgIpc) is 2.41. The molecule has 0 heterocycles. The number of hydrogen-bond acceptors (Lipinski definition) is 2. The number of anilines is 2. The van der Waals surface area contributed by atoms with Crippen molar-refractivity contribution in [1.82, 2.24) is 0 Å². The number of rotatable bonds is 3. The highest BCUT2D eigenvalue weighted by molar-refractivity contribution is 9.10. The lowest BCUT2D eigenvalue weighted by Crippen LogP contribution is -2.19. The van der Waals surface area contributed by atoms with Gasteiger partial charge in [0.15, 0.2) is 0 Å². The van der Waals surface area contributed by atoms with Gasteiger partial charge in [-0.25, -0.2) is 0 Å². The number of nitrogens with two attached hydrogens (primary N) is 1. The van der Waals surface area contributed by atoms with Gasteiger partial charge in [-0.05, 0) is 58.7 Å². The van der Waals surface area contributed by atoms with E-state index in [2.05, 4.69) is 21.2 Å². The lowest BCUT2D eigenvalue weighted by Gasteiger charge is -2.14. The maximum Gasteiger partial charge on any atom is 0.231 e. The molecule has 2 aromatic rings. The van der Waals surface area contributed by atoms with Crippen LogP contribution in [0.25, 0.3) is 0 Å². The van der Waals surface area contributed by atoms with Crippen LogP contribution in [0.5, 0.6) is 0 Å². The number of benzene rings is 2. The zero-order chi connectivity index (χ0) is 14.7. The summed E-state index contributed by atoms with van der Waals surface area (Å²) in [4.78, 5) is 12.3. The van der Waals surface area contributed by atoms with Crippen molar-refractivity contribution in [3.05, 3.63) is 57.5 Å². The molecular weight excluding hydrogens is 340 g/mol. The number of halogens is 2. The molecule has 0 saturated heterocycles. The molecular formula is C15H14BrClN2O. The zero-order valence-corrected chi connectivity index (χ0v) is 13.2. The fourth-order valence-corrected chi connectivity index (χ4v) is 2.59. The molecule has 2 aromatic carbocycles. The Morgan fingerprint density at radius 1 is 1.30 bits per heavy atom. The van der Waals surface area contributed by atoms with E-state index in [1.807, 2.05) is 19.1 Å². The highest BCUT2D eigenvalue weighted by atomic mass is 79.9. The fourth-order valence-electron chi connectivity index (χ4n) is 1.81. The van der Waals surface area contributed by atoms with Crippen molar-refractivity contribution in [2.45, 2.75) is 12.8 Å². The molecule has 0 aliphatic carbocycles. The number of hydrogen-bond donors (Lipinski definition) is 2. The van der Waals surface area contributed by atoms with Crippen molar-refractivity contribution < 1.29 is 4.79 Å². The molecule has 1 unspecified atom stereocenters. The minimum Gasteiger partial charge on any atom is -0.399 e. The summed E-state index contributed by atoms with van der Waals surface area (Å²) in [7, 11) is 0. The van der Waals surface area contributed by atoms with E-state index in [4.69, 9.17) is 17.3 Å². The first-order chi connectivity index (χ1) is 9.47. The first-order valence-electron chi connectivity index (χ1n) is 6.08. The van der Waals surface area contributed by atoms with Crippen LogP contribution < -0.4 is 11.1 Å². The van der Waals surface area contributed by atoms with E-state index in [9.17, 15) is 4.79 Å². The molecule has 3 N–H and O–H groups in total. The van der Waals surface area contributed by atoms with E-state index in [-0.39, 0.29) is 11.8 Å². The van der Waals surface area contributed by atoms with E-state index >= 15 is 0 Å². The third-order valence-electron chi connectivity index (χ3n) is 2.99. The van der Waals surface area contributed by atoms with Crippen LogP contribution in [0.4, 0.5) is 11.4 Å².